The second-order valence-electron chi connectivity index (χ2n) is 0. The zero-order valence-corrected chi connectivity index (χ0v) is 9.83. The van der Waals surface area contributed by atoms with E-state index in [0.717, 1.165) is 0 Å². The van der Waals surface area contributed by atoms with Crippen LogP contribution in [0.5, 0.6) is 0 Å². The molecule has 0 radical (unpaired) electrons. The maximum atomic E-state index is 7.81. The van der Waals surface area contributed by atoms with Crippen molar-refractivity contribution >= 4 is 48.9 Å². The molecular weight excluding hydrogens is 367 g/mol. The number of hydrogen-bond donors (Lipinski definition) is 0. The number of hydrogen-bond acceptors (Lipinski definition) is 1. The van der Waals surface area contributed by atoms with E-state index >= 15 is 0 Å². The van der Waals surface area contributed by atoms with Gasteiger partial charge in [-0.3, -0.25) is 0 Å². The summed E-state index contributed by atoms with van der Waals surface area (Å²) < 4.78 is 7.81. The molecule has 4 heavy (non-hydrogen) atoms. The van der Waals surface area contributed by atoms with Crippen LogP contribution < -0.4 is 0 Å². The monoisotopic (exact) mass is 371 g/mol. The van der Waals surface area contributed by atoms with Crippen LogP contribution in [0.1, 0.15) is 2.85 Å². The van der Waals surface area contributed by atoms with Crippen LogP contribution in [0, 0.1) is 40.4 Å². The third kappa shape index (κ3) is 8.97. The van der Waals surface area contributed by atoms with Crippen LogP contribution in [-0.2, 0) is 19.8 Å². The second-order valence-corrected chi connectivity index (χ2v) is 0. The standard InChI is InChI=1S/Ba.Cu.O.Sm.2H/q+2;;;;2*-1. The van der Waals surface area contributed by atoms with Gasteiger partial charge in [0.15, 0.2) is 0 Å². The summed E-state index contributed by atoms with van der Waals surface area (Å²) in [7, 11) is 0. The molecule has 0 fully saturated rings. The van der Waals surface area contributed by atoms with E-state index in [9.17, 15) is 0 Å². The van der Waals surface area contributed by atoms with Crippen LogP contribution in [0.3, 0.4) is 0 Å². The molecule has 0 aromatic heterocycles. The first-order valence-electron chi connectivity index (χ1n) is 0.123. The molecule has 0 aromatic carbocycles. The van der Waals surface area contributed by atoms with E-state index in [1.165, 1.54) is 0 Å². The van der Waals surface area contributed by atoms with Gasteiger partial charge in [0.2, 0.25) is 0 Å². The zero-order chi connectivity index (χ0) is 2.00. The van der Waals surface area contributed by atoms with E-state index in [1.54, 1.807) is 0 Å². The Morgan fingerprint density at radius 2 is 1.50 bits per heavy atom. The molecule has 0 saturated heterocycles. The topological polar surface area (TPSA) is 17.1 Å². The van der Waals surface area contributed by atoms with Crippen molar-refractivity contribution in [1.82, 2.24) is 0 Å². The maximum absolute atomic E-state index is 7.81. The van der Waals surface area contributed by atoms with Crippen molar-refractivity contribution < 1.29 is 63.0 Å². The fraction of sp³-hybridized carbons (Fsp3) is 0. The third-order valence-corrected chi connectivity index (χ3v) is 0. The van der Waals surface area contributed by atoms with E-state index in [2.05, 4.69) is 15.9 Å². The summed E-state index contributed by atoms with van der Waals surface area (Å²) in [6.45, 7) is 0. The molecule has 0 atom stereocenters. The van der Waals surface area contributed by atoms with Crippen molar-refractivity contribution in [3.63, 3.8) is 0 Å². The minimum atomic E-state index is 0. The summed E-state index contributed by atoms with van der Waals surface area (Å²) in [5, 5.41) is 0. The molecule has 27 valence electrons. The second kappa shape index (κ2) is 16.3. The molecule has 1 nitrogen and oxygen atoms in total. The molecule has 0 N–H and O–H groups in total. The predicted molar refractivity (Wildman–Crippen MR) is 8.66 cm³/mol. The van der Waals surface area contributed by atoms with Gasteiger partial charge in [-0.05, 0) is 0 Å². The molecule has 0 saturated carbocycles. The van der Waals surface area contributed by atoms with Crippen molar-refractivity contribution in [1.29, 1.82) is 0 Å². The summed E-state index contributed by atoms with van der Waals surface area (Å²) in [4.78, 5) is 0. The van der Waals surface area contributed by atoms with Crippen molar-refractivity contribution in [2.75, 3.05) is 0 Å². The Labute approximate surface area is 109 Å². The molecule has 0 aliphatic rings. The van der Waals surface area contributed by atoms with Crippen LogP contribution in [0.15, 0.2) is 0 Å². The van der Waals surface area contributed by atoms with Crippen molar-refractivity contribution in [3.05, 3.63) is 0 Å². The molecule has 0 aromatic rings. The Morgan fingerprint density at radius 1 is 1.50 bits per heavy atom. The third-order valence-electron chi connectivity index (χ3n) is 0. The first-order valence-corrected chi connectivity index (χ1v) is 0.508. The van der Waals surface area contributed by atoms with Crippen LogP contribution in [0.4, 0.5) is 0 Å². The quantitative estimate of drug-likeness (QED) is 0.537. The van der Waals surface area contributed by atoms with Crippen molar-refractivity contribution in [2.24, 2.45) is 0 Å². The van der Waals surface area contributed by atoms with Gasteiger partial charge in [-0.25, -0.2) is 0 Å². The fourth-order valence-corrected chi connectivity index (χ4v) is 0. The molecular formula is H2BaCuOSm. The van der Waals surface area contributed by atoms with Crippen LogP contribution in [-0.4, -0.2) is 48.9 Å². The van der Waals surface area contributed by atoms with Crippen LogP contribution in [0.2, 0.25) is 0 Å². The summed E-state index contributed by atoms with van der Waals surface area (Å²) >= 11 is 2.94. The average Bonchev–Trinajstić information content (AvgIpc) is 1.00. The Morgan fingerprint density at radius 3 is 1.50 bits per heavy atom. The Bertz CT molecular complexity index is 13.5. The smallest absolute Gasteiger partial charge is 0 e. The molecule has 0 rings (SSSR count). The minimum absolute atomic E-state index is 0. The Balaban J connectivity index is -0.000000000833. The summed E-state index contributed by atoms with van der Waals surface area (Å²) in [5.41, 5.74) is 0. The largest absolute Gasteiger partial charge is 0 e. The van der Waals surface area contributed by atoms with Gasteiger partial charge in [0.1, 0.15) is 0 Å². The van der Waals surface area contributed by atoms with Gasteiger partial charge in [0.05, 0.1) is 0 Å². The number of rotatable bonds is 0. The summed E-state index contributed by atoms with van der Waals surface area (Å²) in [6, 6.07) is 0. The minimum Gasteiger partial charge on any atom is 0 e. The van der Waals surface area contributed by atoms with Crippen LogP contribution >= 0.6 is 0 Å². The molecule has 0 aliphatic heterocycles. The molecule has 0 amide bonds. The summed E-state index contributed by atoms with van der Waals surface area (Å²) in [6.07, 6.45) is 0. The predicted octanol–water partition coefficient (Wildman–Crippen LogP) is -0.277. The van der Waals surface area contributed by atoms with E-state index in [0.29, 0.717) is 0 Å². The molecule has 4 heteroatoms. The molecule has 0 heterocycles. The molecule has 0 bridgehead atoms. The molecule has 0 aliphatic carbocycles. The fourth-order valence-electron chi connectivity index (χ4n) is 0. The van der Waals surface area contributed by atoms with Crippen molar-refractivity contribution in [3.8, 4) is 0 Å². The van der Waals surface area contributed by atoms with Gasteiger partial charge >= 0.3 is 68.7 Å². The maximum Gasteiger partial charge on any atom is 0 e. The van der Waals surface area contributed by atoms with E-state index in [4.69, 9.17) is 3.83 Å². The summed E-state index contributed by atoms with van der Waals surface area (Å²) in [5.74, 6) is 0. The SMILES string of the molecule is [Ba+2].[H-].[H-].[O]=[Cu].[Sm]. The first kappa shape index (κ1) is 15.7. The van der Waals surface area contributed by atoms with Gasteiger partial charge in [-0.2, -0.15) is 0 Å². The van der Waals surface area contributed by atoms with Crippen LogP contribution in [0.25, 0.3) is 0 Å². The van der Waals surface area contributed by atoms with E-state index < -0.39 is 0 Å². The van der Waals surface area contributed by atoms with Gasteiger partial charge < -0.3 is 2.85 Å². The van der Waals surface area contributed by atoms with E-state index in [-0.39, 0.29) is 92.1 Å². The van der Waals surface area contributed by atoms with Gasteiger partial charge in [0, 0.05) is 40.4 Å². The van der Waals surface area contributed by atoms with Crippen molar-refractivity contribution in [2.45, 2.75) is 0 Å². The molecule has 0 unspecified atom stereocenters. The normalized spacial score (nSPS) is 1.50. The Kier molecular flexibility index (Phi) is 64.0. The first-order chi connectivity index (χ1) is 1.00. The molecule has 0 spiro atoms. The average molecular weight is 369 g/mol. The Hall–Kier alpha value is 3.23. The van der Waals surface area contributed by atoms with Gasteiger partial charge in [-0.1, -0.05) is 0 Å². The zero-order valence-electron chi connectivity index (χ0n) is 3.83. The van der Waals surface area contributed by atoms with Gasteiger partial charge in [0.25, 0.3) is 0 Å². The van der Waals surface area contributed by atoms with Gasteiger partial charge in [-0.15, -0.1) is 0 Å². The van der Waals surface area contributed by atoms with E-state index in [1.807, 2.05) is 0 Å².